The minimum absolute atomic E-state index is 0.739. The number of carbonyl (C=O) groups is 1. The van der Waals surface area contributed by atoms with Gasteiger partial charge in [0.05, 0.1) is 4.88 Å². The first-order valence-electron chi connectivity index (χ1n) is 12.5. The van der Waals surface area contributed by atoms with Crippen molar-refractivity contribution in [3.8, 4) is 32.7 Å². The number of carbonyl (C=O) groups excluding carboxylic acids is 1. The molecule has 0 unspecified atom stereocenters. The monoisotopic (exact) mass is 507 g/mol. The number of nitrogens with zero attached hydrogens (tertiary/aromatic N) is 1. The summed E-state index contributed by atoms with van der Waals surface area (Å²) in [5.41, 5.74) is 9.13. The molecule has 3 heteroatoms. The fourth-order valence-electron chi connectivity index (χ4n) is 4.66. The van der Waals surface area contributed by atoms with Crippen molar-refractivity contribution in [2.45, 2.75) is 0 Å². The lowest BCUT2D eigenvalue weighted by molar-refractivity contribution is 0.112. The molecule has 38 heavy (non-hydrogen) atoms. The maximum absolute atomic E-state index is 11.1. The highest BCUT2D eigenvalue weighted by molar-refractivity contribution is 7.17. The predicted octanol–water partition coefficient (Wildman–Crippen LogP) is 10.0. The molecule has 5 aromatic carbocycles. The van der Waals surface area contributed by atoms with E-state index in [1.807, 2.05) is 24.3 Å². The van der Waals surface area contributed by atoms with E-state index in [1.54, 1.807) is 0 Å². The number of benzene rings is 5. The van der Waals surface area contributed by atoms with E-state index in [4.69, 9.17) is 0 Å². The van der Waals surface area contributed by atoms with Crippen molar-refractivity contribution in [2.24, 2.45) is 0 Å². The van der Waals surface area contributed by atoms with Crippen LogP contribution in [0, 0.1) is 0 Å². The molecule has 0 N–H and O–H groups in total. The standard InChI is InChI=1S/C35H25NOS/c37-25-34-23-24-35(38-34)30-15-21-33(22-16-30)36(31-17-11-28(12-18-31)26-7-3-1-4-8-26)32-19-13-29(14-20-32)27-9-5-2-6-10-27/h1-25H. The molecule has 1 aromatic heterocycles. The second kappa shape index (κ2) is 10.7. The summed E-state index contributed by atoms with van der Waals surface area (Å²) in [5, 5.41) is 0. The number of thiophene rings is 1. The molecule has 0 radical (unpaired) electrons. The van der Waals surface area contributed by atoms with Gasteiger partial charge < -0.3 is 4.90 Å². The van der Waals surface area contributed by atoms with Gasteiger partial charge in [-0.3, -0.25) is 4.79 Å². The Balaban J connectivity index is 1.38. The molecule has 0 aliphatic carbocycles. The smallest absolute Gasteiger partial charge is 0.160 e. The molecule has 0 atom stereocenters. The first-order chi connectivity index (χ1) is 18.8. The zero-order chi connectivity index (χ0) is 25.7. The zero-order valence-electron chi connectivity index (χ0n) is 20.7. The quantitative estimate of drug-likeness (QED) is 0.200. The van der Waals surface area contributed by atoms with Gasteiger partial charge in [0.1, 0.15) is 0 Å². The molecule has 6 rings (SSSR count). The van der Waals surface area contributed by atoms with E-state index in [9.17, 15) is 4.79 Å². The highest BCUT2D eigenvalue weighted by Gasteiger charge is 2.14. The van der Waals surface area contributed by atoms with Gasteiger partial charge in [0.15, 0.2) is 6.29 Å². The summed E-state index contributed by atoms with van der Waals surface area (Å²) in [5.74, 6) is 0. The van der Waals surface area contributed by atoms with Crippen LogP contribution in [0.15, 0.2) is 146 Å². The van der Waals surface area contributed by atoms with Crippen molar-refractivity contribution in [3.05, 3.63) is 150 Å². The van der Waals surface area contributed by atoms with Gasteiger partial charge in [0, 0.05) is 21.9 Å². The molecular formula is C35H25NOS. The summed E-state index contributed by atoms with van der Waals surface area (Å²) in [6.07, 6.45) is 0.905. The maximum atomic E-state index is 11.1. The average Bonchev–Trinajstić information content (AvgIpc) is 3.49. The Bertz CT molecular complexity index is 1550. The van der Waals surface area contributed by atoms with E-state index in [0.29, 0.717) is 0 Å². The van der Waals surface area contributed by atoms with Gasteiger partial charge in [-0.1, -0.05) is 97.1 Å². The van der Waals surface area contributed by atoms with Crippen LogP contribution in [0.25, 0.3) is 32.7 Å². The van der Waals surface area contributed by atoms with E-state index < -0.39 is 0 Å². The molecule has 2 nitrogen and oxygen atoms in total. The zero-order valence-corrected chi connectivity index (χ0v) is 21.5. The van der Waals surface area contributed by atoms with Crippen LogP contribution in [0.1, 0.15) is 9.67 Å². The Hall–Kier alpha value is -4.73. The average molecular weight is 508 g/mol. The van der Waals surface area contributed by atoms with Gasteiger partial charge >= 0.3 is 0 Å². The van der Waals surface area contributed by atoms with Crippen LogP contribution >= 0.6 is 11.3 Å². The number of hydrogen-bond donors (Lipinski definition) is 0. The van der Waals surface area contributed by atoms with E-state index >= 15 is 0 Å². The summed E-state index contributed by atoms with van der Waals surface area (Å²) in [4.78, 5) is 15.2. The summed E-state index contributed by atoms with van der Waals surface area (Å²) in [6.45, 7) is 0. The van der Waals surface area contributed by atoms with Crippen LogP contribution in [-0.2, 0) is 0 Å². The molecule has 0 bridgehead atoms. The number of rotatable bonds is 7. The lowest BCUT2D eigenvalue weighted by Gasteiger charge is -2.26. The molecule has 6 aromatic rings. The van der Waals surface area contributed by atoms with Gasteiger partial charge in [0.25, 0.3) is 0 Å². The van der Waals surface area contributed by atoms with Crippen LogP contribution in [0.5, 0.6) is 0 Å². The highest BCUT2D eigenvalue weighted by Crippen LogP contribution is 2.38. The van der Waals surface area contributed by atoms with Gasteiger partial charge in [-0.15, -0.1) is 11.3 Å². The molecule has 0 spiro atoms. The number of hydrogen-bond acceptors (Lipinski definition) is 3. The SMILES string of the molecule is O=Cc1ccc(-c2ccc(N(c3ccc(-c4ccccc4)cc3)c3ccc(-c4ccccc4)cc3)cc2)s1. The predicted molar refractivity (Wildman–Crippen MR) is 161 cm³/mol. The van der Waals surface area contributed by atoms with Crippen LogP contribution < -0.4 is 4.90 Å². The van der Waals surface area contributed by atoms with Gasteiger partial charge in [-0.05, 0) is 76.3 Å². The van der Waals surface area contributed by atoms with Crippen molar-refractivity contribution >= 4 is 34.7 Å². The summed E-state index contributed by atoms with van der Waals surface area (Å²) < 4.78 is 0. The molecule has 0 saturated heterocycles. The van der Waals surface area contributed by atoms with Crippen LogP contribution in [0.3, 0.4) is 0 Å². The van der Waals surface area contributed by atoms with Crippen LogP contribution in [0.4, 0.5) is 17.1 Å². The fraction of sp³-hybridized carbons (Fsp3) is 0. The molecule has 0 aliphatic rings. The van der Waals surface area contributed by atoms with E-state index in [1.165, 1.54) is 33.6 Å². The number of aldehydes is 1. The second-order valence-corrected chi connectivity index (χ2v) is 10.1. The van der Waals surface area contributed by atoms with Crippen LogP contribution in [-0.4, -0.2) is 6.29 Å². The lowest BCUT2D eigenvalue weighted by atomic mass is 10.0. The third-order valence-corrected chi connectivity index (χ3v) is 7.68. The van der Waals surface area contributed by atoms with Crippen molar-refractivity contribution in [1.29, 1.82) is 0 Å². The Morgan fingerprint density at radius 3 is 1.21 bits per heavy atom. The topological polar surface area (TPSA) is 20.3 Å². The van der Waals surface area contributed by atoms with E-state index in [-0.39, 0.29) is 0 Å². The van der Waals surface area contributed by atoms with Gasteiger partial charge in [0.2, 0.25) is 0 Å². The normalized spacial score (nSPS) is 10.7. The molecule has 1 heterocycles. The molecule has 0 aliphatic heterocycles. The lowest BCUT2D eigenvalue weighted by Crippen LogP contribution is -2.09. The molecule has 0 fully saturated rings. The highest BCUT2D eigenvalue weighted by atomic mass is 32.1. The van der Waals surface area contributed by atoms with E-state index in [2.05, 4.69) is 126 Å². The Labute approximate surface area is 227 Å². The van der Waals surface area contributed by atoms with Crippen molar-refractivity contribution in [2.75, 3.05) is 4.90 Å². The summed E-state index contributed by atoms with van der Waals surface area (Å²) in [7, 11) is 0. The minimum atomic E-state index is 0.739. The Morgan fingerprint density at radius 1 is 0.421 bits per heavy atom. The maximum Gasteiger partial charge on any atom is 0.160 e. The molecule has 0 amide bonds. The molecule has 182 valence electrons. The van der Waals surface area contributed by atoms with Gasteiger partial charge in [-0.2, -0.15) is 0 Å². The van der Waals surface area contributed by atoms with Crippen molar-refractivity contribution < 1.29 is 4.79 Å². The first-order valence-corrected chi connectivity index (χ1v) is 13.4. The minimum Gasteiger partial charge on any atom is -0.311 e. The largest absolute Gasteiger partial charge is 0.311 e. The Kier molecular flexibility index (Phi) is 6.67. The summed E-state index contributed by atoms with van der Waals surface area (Å²) in [6, 6.07) is 50.7. The Morgan fingerprint density at radius 2 is 0.816 bits per heavy atom. The molecular weight excluding hydrogens is 482 g/mol. The van der Waals surface area contributed by atoms with Crippen molar-refractivity contribution in [3.63, 3.8) is 0 Å². The van der Waals surface area contributed by atoms with Crippen LogP contribution in [0.2, 0.25) is 0 Å². The van der Waals surface area contributed by atoms with Crippen molar-refractivity contribution in [1.82, 2.24) is 0 Å². The van der Waals surface area contributed by atoms with Gasteiger partial charge in [-0.25, -0.2) is 0 Å². The fourth-order valence-corrected chi connectivity index (χ4v) is 5.49. The second-order valence-electron chi connectivity index (χ2n) is 9.03. The summed E-state index contributed by atoms with van der Waals surface area (Å²) >= 11 is 1.51. The number of anilines is 3. The first kappa shape index (κ1) is 23.7. The van der Waals surface area contributed by atoms with E-state index in [0.717, 1.165) is 38.7 Å². The third-order valence-electron chi connectivity index (χ3n) is 6.62. The third kappa shape index (κ3) is 4.93. The molecule has 0 saturated carbocycles.